The number of H-pyrrole nitrogens is 1. The van der Waals surface area contributed by atoms with Crippen molar-refractivity contribution in [2.45, 2.75) is 14.7 Å². The van der Waals surface area contributed by atoms with E-state index in [1.807, 2.05) is 0 Å². The molecule has 0 saturated carbocycles. The number of carboxylic acid groups (broad SMARTS) is 2. The van der Waals surface area contributed by atoms with E-state index in [-0.39, 0.29) is 51.6 Å². The van der Waals surface area contributed by atoms with Gasteiger partial charge in [-0.1, -0.05) is 0 Å². The summed E-state index contributed by atoms with van der Waals surface area (Å²) in [7, 11) is -14.6. The molecule has 1 heterocycles. The number of aromatic carboxylic acids is 2. The predicted octanol–water partition coefficient (Wildman–Crippen LogP) is 5.15. The molecule has 1 aromatic heterocycles. The van der Waals surface area contributed by atoms with Gasteiger partial charge in [0.1, 0.15) is 52.4 Å². The molecule has 0 radical (unpaired) electrons. The van der Waals surface area contributed by atoms with Crippen LogP contribution in [-0.4, -0.2) is 113 Å². The van der Waals surface area contributed by atoms with Crippen molar-refractivity contribution in [2.75, 3.05) is 26.4 Å². The van der Waals surface area contributed by atoms with Gasteiger partial charge in [-0.15, -0.1) is 25.6 Å². The fraction of sp³-hybridized carbons (Fsp3) is 0.108. The second-order valence-corrected chi connectivity index (χ2v) is 17.4. The van der Waals surface area contributed by atoms with Crippen molar-refractivity contribution < 1.29 is 83.5 Å². The highest BCUT2D eigenvalue weighted by Gasteiger charge is 2.25. The van der Waals surface area contributed by atoms with Gasteiger partial charge in [0.2, 0.25) is 0 Å². The van der Waals surface area contributed by atoms with E-state index < -0.39 is 116 Å². The Balaban J connectivity index is 1.42. The van der Waals surface area contributed by atoms with Crippen LogP contribution in [0.1, 0.15) is 20.8 Å². The number of hydrogen-bond acceptors (Lipinski definition) is 20. The van der Waals surface area contributed by atoms with Gasteiger partial charge in [0.25, 0.3) is 35.9 Å². The van der Waals surface area contributed by atoms with Crippen LogP contribution in [0.25, 0.3) is 16.5 Å². The molecular weight excluding hydrogens is 957 g/mol. The fourth-order valence-electron chi connectivity index (χ4n) is 5.80. The molecule has 350 valence electrons. The molecule has 0 aliphatic heterocycles. The number of phenolic OH excluding ortho intramolecular Hbond substituents is 1. The van der Waals surface area contributed by atoms with E-state index in [0.717, 1.165) is 60.7 Å². The number of phenols is 1. The van der Waals surface area contributed by atoms with E-state index in [2.05, 4.69) is 35.8 Å². The van der Waals surface area contributed by atoms with E-state index in [1.54, 1.807) is 0 Å². The van der Waals surface area contributed by atoms with Crippen LogP contribution in [-0.2, 0) is 30.4 Å². The average molecular weight is 987 g/mol. The Labute approximate surface area is 374 Å². The minimum absolute atomic E-state index is 0.0463. The zero-order valence-corrected chi connectivity index (χ0v) is 35.7. The van der Waals surface area contributed by atoms with Crippen LogP contribution in [0.2, 0.25) is 0 Å². The SMILES string of the molecule is O=C(O)c1cc(S(=O)(=O)O)ccc1N=Nc1cc(OCCO)c(N=Nc2c(S(=O)(=O)O)cc3cc(-n4[nH]c(C(=O)O)c(N=Nc5ccc(S(=O)(=O)O)cc5)c4=O)ccc3c2O)cc1OCCO. The maximum Gasteiger partial charge on any atom is 0.356 e. The Kier molecular flexibility index (Phi) is 14.0. The molecule has 0 aliphatic rings. The number of azo groups is 3. The summed E-state index contributed by atoms with van der Waals surface area (Å²) in [6.07, 6.45) is 0. The quantitative estimate of drug-likeness (QED) is 0.0397. The fourth-order valence-corrected chi connectivity index (χ4v) is 7.44. The molecule has 9 N–H and O–H groups in total. The number of carbonyl (C=O) groups is 2. The third kappa shape index (κ3) is 11.0. The number of fused-ring (bicyclic) bond motifs is 1. The molecule has 0 unspecified atom stereocenters. The standard InChI is InChI=1S/C37H30N8O19S3/c46-9-11-63-28-17-27(29(64-12-10-47)16-26(28)40-39-25-8-6-22(66(57,58)59)15-24(25)36(50)51)41-42-31-30(67(60,61)62)14-18-13-20(3-7-23(18)34(31)48)45-35(49)32(33(44-45)37(52)53)43-38-19-1-4-21(5-2-19)65(54,55)56/h1-8,13-17,44,46-48H,9-12H2,(H,50,51)(H,52,53)(H,54,55,56)(H,57,58,59)(H,60,61,62). The number of hydrogen-bond donors (Lipinski definition) is 9. The van der Waals surface area contributed by atoms with Gasteiger partial charge < -0.3 is 35.0 Å². The maximum atomic E-state index is 13.5. The third-order valence-electron chi connectivity index (χ3n) is 8.81. The smallest absolute Gasteiger partial charge is 0.356 e. The number of aromatic nitrogens is 2. The lowest BCUT2D eigenvalue weighted by atomic mass is 10.1. The molecule has 0 spiro atoms. The van der Waals surface area contributed by atoms with Crippen molar-refractivity contribution in [1.29, 1.82) is 0 Å². The zero-order valence-electron chi connectivity index (χ0n) is 33.3. The van der Waals surface area contributed by atoms with E-state index in [4.69, 9.17) is 9.47 Å². The summed E-state index contributed by atoms with van der Waals surface area (Å²) in [5, 5.41) is 74.9. The molecule has 0 aliphatic carbocycles. The summed E-state index contributed by atoms with van der Waals surface area (Å²) in [4.78, 5) is 35.2. The molecule has 0 bridgehead atoms. The summed E-state index contributed by atoms with van der Waals surface area (Å²) in [6.45, 7) is -1.89. The molecule has 30 heteroatoms. The van der Waals surface area contributed by atoms with Crippen molar-refractivity contribution in [3.63, 3.8) is 0 Å². The van der Waals surface area contributed by atoms with Crippen molar-refractivity contribution in [1.82, 2.24) is 9.78 Å². The van der Waals surface area contributed by atoms with Crippen LogP contribution >= 0.6 is 0 Å². The minimum Gasteiger partial charge on any atom is -0.505 e. The summed E-state index contributed by atoms with van der Waals surface area (Å²) in [5.74, 6) is -4.72. The lowest BCUT2D eigenvalue weighted by Gasteiger charge is -2.13. The number of benzene rings is 5. The molecule has 0 amide bonds. The highest BCUT2D eigenvalue weighted by atomic mass is 32.2. The number of nitrogens with zero attached hydrogens (tertiary/aromatic N) is 7. The van der Waals surface area contributed by atoms with Crippen LogP contribution < -0.4 is 15.0 Å². The number of nitrogens with one attached hydrogen (secondary N) is 1. The number of aliphatic hydroxyl groups is 2. The Bertz CT molecular complexity index is 3460. The van der Waals surface area contributed by atoms with Crippen molar-refractivity contribution in [3.8, 4) is 22.9 Å². The first-order chi connectivity index (χ1) is 31.5. The minimum atomic E-state index is -5.28. The highest BCUT2D eigenvalue weighted by molar-refractivity contribution is 7.86. The molecule has 6 aromatic rings. The van der Waals surface area contributed by atoms with E-state index in [9.17, 15) is 78.8 Å². The number of carboxylic acids is 2. The summed E-state index contributed by atoms with van der Waals surface area (Å²) < 4.78 is 112. The van der Waals surface area contributed by atoms with Gasteiger partial charge in [-0.2, -0.15) is 30.4 Å². The van der Waals surface area contributed by atoms with Gasteiger partial charge in [-0.25, -0.2) is 14.3 Å². The van der Waals surface area contributed by atoms with Crippen LogP contribution in [0, 0.1) is 0 Å². The van der Waals surface area contributed by atoms with Gasteiger partial charge in [0, 0.05) is 17.5 Å². The van der Waals surface area contributed by atoms with Crippen molar-refractivity contribution in [3.05, 3.63) is 100 Å². The Morgan fingerprint density at radius 1 is 0.612 bits per heavy atom. The summed E-state index contributed by atoms with van der Waals surface area (Å²) in [6, 6.07) is 13.1. The first-order valence-corrected chi connectivity index (χ1v) is 22.5. The molecule has 0 saturated heterocycles. The van der Waals surface area contributed by atoms with Gasteiger partial charge in [-0.3, -0.25) is 23.6 Å². The lowest BCUT2D eigenvalue weighted by Crippen LogP contribution is -2.14. The average Bonchev–Trinajstić information content (AvgIpc) is 3.60. The Hall–Kier alpha value is -7.84. The van der Waals surface area contributed by atoms with Crippen LogP contribution in [0.4, 0.5) is 34.1 Å². The van der Waals surface area contributed by atoms with E-state index in [1.165, 1.54) is 12.1 Å². The molecule has 5 aromatic carbocycles. The third-order valence-corrected chi connectivity index (χ3v) is 11.4. The van der Waals surface area contributed by atoms with Crippen LogP contribution in [0.5, 0.6) is 17.2 Å². The monoisotopic (exact) mass is 986 g/mol. The topological polar surface area (TPSA) is 429 Å². The number of ether oxygens (including phenoxy) is 2. The molecule has 0 atom stereocenters. The van der Waals surface area contributed by atoms with E-state index in [0.29, 0.717) is 10.7 Å². The number of aliphatic hydroxyl groups excluding tert-OH is 2. The normalized spacial score (nSPS) is 12.4. The number of rotatable bonds is 18. The molecule has 6 rings (SSSR count). The van der Waals surface area contributed by atoms with Gasteiger partial charge in [-0.05, 0) is 72.1 Å². The molecule has 0 fully saturated rings. The van der Waals surface area contributed by atoms with Crippen molar-refractivity contribution >= 4 is 87.2 Å². The largest absolute Gasteiger partial charge is 0.505 e. The number of aromatic amines is 1. The first-order valence-electron chi connectivity index (χ1n) is 18.2. The lowest BCUT2D eigenvalue weighted by molar-refractivity contribution is 0.0682. The Morgan fingerprint density at radius 2 is 1.16 bits per heavy atom. The second-order valence-electron chi connectivity index (χ2n) is 13.2. The summed E-state index contributed by atoms with van der Waals surface area (Å²) in [5.41, 5.74) is -5.26. The number of aromatic hydroxyl groups is 1. The van der Waals surface area contributed by atoms with Crippen LogP contribution in [0.3, 0.4) is 0 Å². The van der Waals surface area contributed by atoms with Gasteiger partial charge >= 0.3 is 11.9 Å². The van der Waals surface area contributed by atoms with Gasteiger partial charge in [0.15, 0.2) is 17.1 Å². The van der Waals surface area contributed by atoms with E-state index >= 15 is 0 Å². The maximum absolute atomic E-state index is 13.5. The highest BCUT2D eigenvalue weighted by Crippen LogP contribution is 2.45. The predicted molar refractivity (Wildman–Crippen MR) is 226 cm³/mol. The van der Waals surface area contributed by atoms with Crippen LogP contribution in [0.15, 0.2) is 129 Å². The molecule has 67 heavy (non-hydrogen) atoms. The Morgan fingerprint density at radius 3 is 1.70 bits per heavy atom. The van der Waals surface area contributed by atoms with Gasteiger partial charge in [0.05, 0.1) is 39.9 Å². The zero-order chi connectivity index (χ0) is 49.0. The molecule has 27 nitrogen and oxygen atoms in total. The first kappa shape index (κ1) is 48.6. The summed E-state index contributed by atoms with van der Waals surface area (Å²) >= 11 is 0. The second kappa shape index (κ2) is 19.3. The van der Waals surface area contributed by atoms with Crippen molar-refractivity contribution in [2.24, 2.45) is 30.7 Å². The molecular formula is C37H30N8O19S3.